The molecule has 0 N–H and O–H groups in total. The average Bonchev–Trinajstić information content (AvgIpc) is 2.74. The van der Waals surface area contributed by atoms with Crippen molar-refractivity contribution < 1.29 is 9.47 Å². The van der Waals surface area contributed by atoms with Gasteiger partial charge in [0.1, 0.15) is 0 Å². The number of ether oxygens (including phenoxy) is 2. The lowest BCUT2D eigenvalue weighted by Crippen LogP contribution is -1.99. The molecule has 0 aliphatic carbocycles. The molecule has 1 heterocycles. The summed E-state index contributed by atoms with van der Waals surface area (Å²) in [6.45, 7) is 5.75. The van der Waals surface area contributed by atoms with Crippen molar-refractivity contribution >= 4 is 15.9 Å². The van der Waals surface area contributed by atoms with Crippen molar-refractivity contribution in [2.24, 2.45) is 0 Å². The van der Waals surface area contributed by atoms with Crippen LogP contribution in [0.5, 0.6) is 11.5 Å². The van der Waals surface area contributed by atoms with Crippen molar-refractivity contribution in [1.29, 1.82) is 0 Å². The maximum Gasteiger partial charge on any atom is 0.161 e. The molecule has 1 aliphatic heterocycles. The third kappa shape index (κ3) is 2.93. The lowest BCUT2D eigenvalue weighted by Gasteiger charge is -2.17. The number of benzene rings is 2. The zero-order valence-corrected chi connectivity index (χ0v) is 13.9. The topological polar surface area (TPSA) is 18.5 Å². The molecule has 0 radical (unpaired) electrons. The number of hydrogen-bond donors (Lipinski definition) is 0. The number of hydrogen-bond acceptors (Lipinski definition) is 2. The number of aryl methyl sites for hydroxylation is 1. The molecule has 0 amide bonds. The first-order chi connectivity index (χ1) is 10.2. The van der Waals surface area contributed by atoms with Crippen LogP contribution in [-0.4, -0.2) is 13.2 Å². The Morgan fingerprint density at radius 3 is 2.57 bits per heavy atom. The van der Waals surface area contributed by atoms with Gasteiger partial charge in [-0.05, 0) is 48.2 Å². The molecule has 1 aliphatic rings. The molecule has 0 spiro atoms. The van der Waals surface area contributed by atoms with E-state index in [9.17, 15) is 0 Å². The summed E-state index contributed by atoms with van der Waals surface area (Å²) in [6, 6.07) is 12.6. The van der Waals surface area contributed by atoms with Crippen molar-refractivity contribution in [3.63, 3.8) is 0 Å². The first-order valence-electron chi connectivity index (χ1n) is 7.26. The van der Waals surface area contributed by atoms with Crippen molar-refractivity contribution in [3.8, 4) is 11.5 Å². The highest BCUT2D eigenvalue weighted by Gasteiger charge is 2.17. The van der Waals surface area contributed by atoms with Crippen molar-refractivity contribution in [2.45, 2.75) is 25.1 Å². The van der Waals surface area contributed by atoms with Gasteiger partial charge in [-0.2, -0.15) is 0 Å². The fraction of sp³-hybridized carbons (Fsp3) is 0.333. The van der Waals surface area contributed by atoms with Gasteiger partial charge in [0.25, 0.3) is 0 Å². The smallest absolute Gasteiger partial charge is 0.161 e. The lowest BCUT2D eigenvalue weighted by atomic mass is 9.97. The normalized spacial score (nSPS) is 15.4. The molecule has 0 saturated heterocycles. The molecular weight excluding hydrogens is 328 g/mol. The minimum Gasteiger partial charge on any atom is -0.490 e. The van der Waals surface area contributed by atoms with Crippen LogP contribution in [-0.2, 0) is 0 Å². The van der Waals surface area contributed by atoms with Crippen LogP contribution in [0.25, 0.3) is 0 Å². The summed E-state index contributed by atoms with van der Waals surface area (Å²) >= 11 is 3.83. The minimum absolute atomic E-state index is 0.162. The van der Waals surface area contributed by atoms with Crippen LogP contribution in [0.1, 0.15) is 33.5 Å². The van der Waals surface area contributed by atoms with Crippen molar-refractivity contribution in [1.82, 2.24) is 0 Å². The van der Waals surface area contributed by atoms with Crippen molar-refractivity contribution in [3.05, 3.63) is 58.7 Å². The Morgan fingerprint density at radius 2 is 1.76 bits per heavy atom. The molecule has 3 rings (SSSR count). The van der Waals surface area contributed by atoms with E-state index in [4.69, 9.17) is 9.47 Å². The Morgan fingerprint density at radius 1 is 1.00 bits per heavy atom. The second-order valence-electron chi connectivity index (χ2n) is 5.41. The van der Waals surface area contributed by atoms with E-state index < -0.39 is 0 Å². The first kappa shape index (κ1) is 14.5. The van der Waals surface area contributed by atoms with E-state index in [1.165, 1.54) is 22.3 Å². The van der Waals surface area contributed by atoms with E-state index in [1.807, 2.05) is 6.07 Å². The maximum absolute atomic E-state index is 5.78. The molecule has 0 bridgehead atoms. The summed E-state index contributed by atoms with van der Waals surface area (Å²) < 4.78 is 11.5. The van der Waals surface area contributed by atoms with Gasteiger partial charge < -0.3 is 9.47 Å². The zero-order valence-electron chi connectivity index (χ0n) is 12.4. The average molecular weight is 347 g/mol. The summed E-state index contributed by atoms with van der Waals surface area (Å²) in [4.78, 5) is 0.162. The van der Waals surface area contributed by atoms with E-state index in [0.29, 0.717) is 6.61 Å². The Bertz CT molecular complexity index is 652. The Hall–Kier alpha value is -1.48. The molecule has 0 saturated carbocycles. The van der Waals surface area contributed by atoms with E-state index in [0.717, 1.165) is 24.5 Å². The quantitative estimate of drug-likeness (QED) is 0.716. The number of fused-ring (bicyclic) bond motifs is 1. The van der Waals surface area contributed by atoms with E-state index in [1.54, 1.807) is 0 Å². The fourth-order valence-corrected chi connectivity index (χ4v) is 3.35. The standard InChI is InChI=1S/C18H19BrO2/c1-12-5-3-6-15(13(12)2)18(19)14-7-8-16-17(11-14)21-10-4-9-20-16/h3,5-8,11,18H,4,9-10H2,1-2H3. The van der Waals surface area contributed by atoms with E-state index in [2.05, 4.69) is 60.1 Å². The number of rotatable bonds is 2. The Balaban J connectivity index is 1.96. The highest BCUT2D eigenvalue weighted by molar-refractivity contribution is 9.09. The summed E-state index contributed by atoms with van der Waals surface area (Å²) in [5, 5.41) is 0. The van der Waals surface area contributed by atoms with Crippen LogP contribution in [0.2, 0.25) is 0 Å². The molecule has 2 aromatic carbocycles. The molecule has 2 nitrogen and oxygen atoms in total. The minimum atomic E-state index is 0.162. The van der Waals surface area contributed by atoms with Gasteiger partial charge in [-0.3, -0.25) is 0 Å². The fourth-order valence-electron chi connectivity index (χ4n) is 2.57. The predicted molar refractivity (Wildman–Crippen MR) is 88.7 cm³/mol. The summed E-state index contributed by atoms with van der Waals surface area (Å²) in [5.41, 5.74) is 5.12. The van der Waals surface area contributed by atoms with Crippen LogP contribution < -0.4 is 9.47 Å². The van der Waals surface area contributed by atoms with Crippen LogP contribution in [0.4, 0.5) is 0 Å². The first-order valence-corrected chi connectivity index (χ1v) is 8.18. The third-order valence-corrected chi connectivity index (χ3v) is 5.01. The largest absolute Gasteiger partial charge is 0.490 e. The second-order valence-corrected chi connectivity index (χ2v) is 6.32. The van der Waals surface area contributed by atoms with Crippen LogP contribution >= 0.6 is 15.9 Å². The number of halogens is 1. The second kappa shape index (κ2) is 6.10. The highest BCUT2D eigenvalue weighted by atomic mass is 79.9. The highest BCUT2D eigenvalue weighted by Crippen LogP contribution is 2.38. The van der Waals surface area contributed by atoms with Gasteiger partial charge in [0.15, 0.2) is 11.5 Å². The third-order valence-electron chi connectivity index (χ3n) is 3.98. The monoisotopic (exact) mass is 346 g/mol. The molecule has 0 aromatic heterocycles. The molecule has 0 fully saturated rings. The van der Waals surface area contributed by atoms with E-state index >= 15 is 0 Å². The zero-order chi connectivity index (χ0) is 14.8. The van der Waals surface area contributed by atoms with Crippen LogP contribution in [0, 0.1) is 13.8 Å². The van der Waals surface area contributed by atoms with Gasteiger partial charge in [-0.25, -0.2) is 0 Å². The summed E-state index contributed by atoms with van der Waals surface area (Å²) in [7, 11) is 0. The maximum atomic E-state index is 5.78. The van der Waals surface area contributed by atoms with Crippen LogP contribution in [0.15, 0.2) is 36.4 Å². The van der Waals surface area contributed by atoms with Gasteiger partial charge in [-0.15, -0.1) is 0 Å². The van der Waals surface area contributed by atoms with Gasteiger partial charge in [0.05, 0.1) is 18.0 Å². The summed E-state index contributed by atoms with van der Waals surface area (Å²) in [5.74, 6) is 1.69. The molecule has 110 valence electrons. The Kier molecular flexibility index (Phi) is 4.20. The van der Waals surface area contributed by atoms with Crippen LogP contribution in [0.3, 0.4) is 0 Å². The molecule has 2 aromatic rings. The van der Waals surface area contributed by atoms with Gasteiger partial charge in [0.2, 0.25) is 0 Å². The SMILES string of the molecule is Cc1cccc(C(Br)c2ccc3c(c2)OCCCO3)c1C. The Labute approximate surface area is 134 Å². The van der Waals surface area contributed by atoms with Gasteiger partial charge >= 0.3 is 0 Å². The molecule has 1 unspecified atom stereocenters. The molecule has 21 heavy (non-hydrogen) atoms. The molecule has 3 heteroatoms. The molecular formula is C18H19BrO2. The van der Waals surface area contributed by atoms with Gasteiger partial charge in [-0.1, -0.05) is 40.2 Å². The molecule has 1 atom stereocenters. The van der Waals surface area contributed by atoms with E-state index in [-0.39, 0.29) is 4.83 Å². The predicted octanol–water partition coefficient (Wildman–Crippen LogP) is 4.95. The lowest BCUT2D eigenvalue weighted by molar-refractivity contribution is 0.297. The number of alkyl halides is 1. The van der Waals surface area contributed by atoms with Crippen molar-refractivity contribution in [2.75, 3.05) is 13.2 Å². The van der Waals surface area contributed by atoms with Gasteiger partial charge in [0, 0.05) is 6.42 Å². The summed E-state index contributed by atoms with van der Waals surface area (Å²) in [6.07, 6.45) is 0.929.